The van der Waals surface area contributed by atoms with Crippen LogP contribution in [0.15, 0.2) is 66.1 Å². The fourth-order valence-corrected chi connectivity index (χ4v) is 3.94. The van der Waals surface area contributed by atoms with Gasteiger partial charge in [-0.1, -0.05) is 30.3 Å². The van der Waals surface area contributed by atoms with Gasteiger partial charge in [0.25, 0.3) is 0 Å². The molecule has 0 saturated carbocycles. The number of nitrogens with one attached hydrogen (secondary N) is 1. The lowest BCUT2D eigenvalue weighted by Crippen LogP contribution is -2.27. The molecular formula is C24H25FN4O2S. The quantitative estimate of drug-likeness (QED) is 0.380. The number of thiazole rings is 1. The number of rotatable bonds is 9. The number of carbonyl (C=O) groups is 2. The first-order valence-electron chi connectivity index (χ1n) is 10.2. The van der Waals surface area contributed by atoms with Gasteiger partial charge in [-0.3, -0.25) is 14.5 Å². The Hall–Kier alpha value is -3.52. The van der Waals surface area contributed by atoms with Crippen LogP contribution in [0.5, 0.6) is 0 Å². The van der Waals surface area contributed by atoms with E-state index in [4.69, 9.17) is 0 Å². The Labute approximate surface area is 191 Å². The van der Waals surface area contributed by atoms with Gasteiger partial charge >= 0.3 is 0 Å². The lowest BCUT2D eigenvalue weighted by atomic mass is 10.2. The molecule has 2 aromatic carbocycles. The molecule has 0 spiro atoms. The van der Waals surface area contributed by atoms with Gasteiger partial charge in [0.05, 0.1) is 17.1 Å². The lowest BCUT2D eigenvalue weighted by molar-refractivity contribution is -0.117. The Bertz CT molecular complexity index is 1080. The molecule has 6 nitrogen and oxygen atoms in total. The van der Waals surface area contributed by atoms with E-state index in [0.717, 1.165) is 5.69 Å². The van der Waals surface area contributed by atoms with Crippen LogP contribution in [0, 0.1) is 5.82 Å². The normalized spacial score (nSPS) is 10.8. The summed E-state index contributed by atoms with van der Waals surface area (Å²) in [7, 11) is 1.82. The smallest absolute Gasteiger partial charge is 0.244 e. The Balaban J connectivity index is 1.49. The molecular weight excluding hydrogens is 427 g/mol. The van der Waals surface area contributed by atoms with E-state index in [1.54, 1.807) is 29.7 Å². The summed E-state index contributed by atoms with van der Waals surface area (Å²) >= 11 is 1.33. The maximum atomic E-state index is 13.8. The minimum absolute atomic E-state index is 0.140. The summed E-state index contributed by atoms with van der Waals surface area (Å²) in [5, 5.41) is 5.15. The van der Waals surface area contributed by atoms with Gasteiger partial charge in [-0.25, -0.2) is 9.37 Å². The summed E-state index contributed by atoms with van der Waals surface area (Å²) in [6.07, 6.45) is 3.71. The first kappa shape index (κ1) is 23.1. The standard InChI is InChI=1S/C24H25FN4O2S/c1-18(30)29(20-9-4-3-5-10-20)24-27-19(17-32-24)13-14-23(31)26-15-8-16-28(2)22-12-7-6-11-21(22)25/h3-7,9-14,17H,8,15-16H2,1-2H3,(H,26,31)/b14-13+. The zero-order valence-corrected chi connectivity index (χ0v) is 18.8. The summed E-state index contributed by atoms with van der Waals surface area (Å²) in [4.78, 5) is 32.0. The largest absolute Gasteiger partial charge is 0.372 e. The Kier molecular flexibility index (Phi) is 8.10. The lowest BCUT2D eigenvalue weighted by Gasteiger charge is -2.19. The fourth-order valence-electron chi connectivity index (χ4n) is 3.09. The number of hydrogen-bond acceptors (Lipinski definition) is 5. The molecule has 0 aliphatic heterocycles. The predicted molar refractivity (Wildman–Crippen MR) is 128 cm³/mol. The number of halogens is 1. The van der Waals surface area contributed by atoms with Crippen molar-refractivity contribution >= 4 is 45.7 Å². The predicted octanol–water partition coefficient (Wildman–Crippen LogP) is 4.62. The molecule has 0 saturated heterocycles. The third kappa shape index (κ3) is 6.24. The molecule has 3 rings (SSSR count). The van der Waals surface area contributed by atoms with Crippen LogP contribution in [0.4, 0.5) is 20.9 Å². The van der Waals surface area contributed by atoms with Crippen LogP contribution in [-0.2, 0) is 9.59 Å². The van der Waals surface area contributed by atoms with Gasteiger partial charge in [0.15, 0.2) is 5.13 Å². The molecule has 2 amide bonds. The van der Waals surface area contributed by atoms with Crippen molar-refractivity contribution in [3.05, 3.63) is 77.6 Å². The minimum Gasteiger partial charge on any atom is -0.372 e. The van der Waals surface area contributed by atoms with Crippen LogP contribution in [0.1, 0.15) is 19.0 Å². The fraction of sp³-hybridized carbons (Fsp3) is 0.208. The summed E-state index contributed by atoms with van der Waals surface area (Å²) in [6, 6.07) is 15.9. The molecule has 0 aliphatic rings. The zero-order valence-electron chi connectivity index (χ0n) is 18.0. The highest BCUT2D eigenvalue weighted by molar-refractivity contribution is 7.14. The van der Waals surface area contributed by atoms with Crippen LogP contribution in [0.3, 0.4) is 0 Å². The summed E-state index contributed by atoms with van der Waals surface area (Å²) in [6.45, 7) is 2.57. The summed E-state index contributed by atoms with van der Waals surface area (Å²) < 4.78 is 13.8. The molecule has 1 aromatic heterocycles. The van der Waals surface area contributed by atoms with Crippen molar-refractivity contribution in [2.24, 2.45) is 0 Å². The van der Waals surface area contributed by atoms with Gasteiger partial charge in [-0.2, -0.15) is 0 Å². The molecule has 166 valence electrons. The summed E-state index contributed by atoms with van der Waals surface area (Å²) in [5.41, 5.74) is 1.87. The van der Waals surface area contributed by atoms with Gasteiger partial charge in [0.1, 0.15) is 5.82 Å². The van der Waals surface area contributed by atoms with Gasteiger partial charge in [-0.15, -0.1) is 11.3 Å². The van der Waals surface area contributed by atoms with Gasteiger partial charge in [-0.05, 0) is 36.8 Å². The van der Waals surface area contributed by atoms with Crippen molar-refractivity contribution in [3.63, 3.8) is 0 Å². The first-order chi connectivity index (χ1) is 15.5. The van der Waals surface area contributed by atoms with Crippen molar-refractivity contribution in [2.45, 2.75) is 13.3 Å². The highest BCUT2D eigenvalue weighted by Gasteiger charge is 2.17. The molecule has 8 heteroatoms. The van der Waals surface area contributed by atoms with Crippen LogP contribution in [0.2, 0.25) is 0 Å². The average molecular weight is 453 g/mol. The molecule has 1 N–H and O–H groups in total. The van der Waals surface area contributed by atoms with E-state index < -0.39 is 0 Å². The topological polar surface area (TPSA) is 65.5 Å². The number of hydrogen-bond donors (Lipinski definition) is 1. The molecule has 32 heavy (non-hydrogen) atoms. The molecule has 1 heterocycles. The van der Waals surface area contributed by atoms with Crippen LogP contribution < -0.4 is 15.1 Å². The van der Waals surface area contributed by atoms with Crippen molar-refractivity contribution < 1.29 is 14.0 Å². The minimum atomic E-state index is -0.264. The maximum Gasteiger partial charge on any atom is 0.244 e. The number of para-hydroxylation sites is 2. The molecule has 0 atom stereocenters. The van der Waals surface area contributed by atoms with Crippen molar-refractivity contribution in [1.82, 2.24) is 10.3 Å². The Morgan fingerprint density at radius 2 is 1.84 bits per heavy atom. The highest BCUT2D eigenvalue weighted by atomic mass is 32.1. The van der Waals surface area contributed by atoms with Crippen LogP contribution >= 0.6 is 11.3 Å². The Morgan fingerprint density at radius 1 is 1.12 bits per heavy atom. The number of amides is 2. The molecule has 3 aromatic rings. The van der Waals surface area contributed by atoms with Crippen LogP contribution in [0.25, 0.3) is 6.08 Å². The number of aromatic nitrogens is 1. The van der Waals surface area contributed by atoms with Gasteiger partial charge in [0, 0.05) is 38.5 Å². The first-order valence-corrected chi connectivity index (χ1v) is 11.1. The zero-order chi connectivity index (χ0) is 22.9. The number of nitrogens with zero attached hydrogens (tertiary/aromatic N) is 3. The van der Waals surface area contributed by atoms with Gasteiger partial charge in [0.2, 0.25) is 11.8 Å². The van der Waals surface area contributed by atoms with E-state index in [1.165, 1.54) is 35.3 Å². The summed E-state index contributed by atoms with van der Waals surface area (Å²) in [5.74, 6) is -0.640. The third-order valence-corrected chi connectivity index (χ3v) is 5.51. The van der Waals surface area contributed by atoms with Crippen LogP contribution in [-0.4, -0.2) is 36.9 Å². The molecule has 0 radical (unpaired) electrons. The van der Waals surface area contributed by atoms with E-state index >= 15 is 0 Å². The average Bonchev–Trinajstić information content (AvgIpc) is 3.24. The number of benzene rings is 2. The highest BCUT2D eigenvalue weighted by Crippen LogP contribution is 2.29. The van der Waals surface area contributed by atoms with E-state index in [1.807, 2.05) is 42.3 Å². The third-order valence-electron chi connectivity index (χ3n) is 4.67. The second-order valence-corrected chi connectivity index (χ2v) is 7.93. The maximum absolute atomic E-state index is 13.8. The number of carbonyl (C=O) groups excluding carboxylic acids is 2. The second-order valence-electron chi connectivity index (χ2n) is 7.10. The molecule has 0 bridgehead atoms. The van der Waals surface area contributed by atoms with Crippen molar-refractivity contribution in [3.8, 4) is 0 Å². The van der Waals surface area contributed by atoms with E-state index in [0.29, 0.717) is 36.0 Å². The molecule has 0 aliphatic carbocycles. The molecule has 0 fully saturated rings. The molecule has 0 unspecified atom stereocenters. The monoisotopic (exact) mass is 452 g/mol. The SMILES string of the molecule is CC(=O)N(c1ccccc1)c1nc(/C=C/C(=O)NCCCN(C)c2ccccc2F)cs1. The van der Waals surface area contributed by atoms with E-state index in [2.05, 4.69) is 10.3 Å². The van der Waals surface area contributed by atoms with Crippen molar-refractivity contribution in [1.29, 1.82) is 0 Å². The number of anilines is 3. The van der Waals surface area contributed by atoms with E-state index in [-0.39, 0.29) is 17.6 Å². The van der Waals surface area contributed by atoms with Crippen molar-refractivity contribution in [2.75, 3.05) is 29.9 Å². The van der Waals surface area contributed by atoms with Gasteiger partial charge < -0.3 is 10.2 Å². The second kappa shape index (κ2) is 11.2. The van der Waals surface area contributed by atoms with E-state index in [9.17, 15) is 14.0 Å². The Morgan fingerprint density at radius 3 is 2.56 bits per heavy atom.